The molecule has 1 amide bonds. The van der Waals surface area contributed by atoms with Gasteiger partial charge in [0.2, 0.25) is 0 Å². The van der Waals surface area contributed by atoms with Crippen LogP contribution in [0.5, 0.6) is 0 Å². The summed E-state index contributed by atoms with van der Waals surface area (Å²) in [5.74, 6) is -1.44. The number of halogens is 2. The molecule has 1 rings (SSSR count). The molecule has 0 atom stereocenters. The van der Waals surface area contributed by atoms with E-state index in [9.17, 15) is 13.6 Å². The van der Waals surface area contributed by atoms with Crippen molar-refractivity contribution in [1.82, 2.24) is 5.32 Å². The van der Waals surface area contributed by atoms with E-state index in [1.165, 1.54) is 6.08 Å². The number of hydrogen-bond donors (Lipinski definition) is 1. The Hall–Kier alpha value is -2.42. The Morgan fingerprint density at radius 2 is 2.05 bits per heavy atom. The van der Waals surface area contributed by atoms with Crippen molar-refractivity contribution in [3.63, 3.8) is 0 Å². The number of nitriles is 1. The van der Waals surface area contributed by atoms with Gasteiger partial charge < -0.3 is 10.1 Å². The third kappa shape index (κ3) is 5.92. The summed E-state index contributed by atoms with van der Waals surface area (Å²) in [6.07, 6.45) is 2.90. The van der Waals surface area contributed by atoms with Gasteiger partial charge in [0.15, 0.2) is 0 Å². The van der Waals surface area contributed by atoms with E-state index in [0.29, 0.717) is 13.0 Å². The maximum atomic E-state index is 13.6. The van der Waals surface area contributed by atoms with Crippen LogP contribution >= 0.6 is 0 Å². The van der Waals surface area contributed by atoms with Crippen molar-refractivity contribution in [2.24, 2.45) is 0 Å². The minimum Gasteiger partial charge on any atom is -0.444 e. The molecule has 6 heteroatoms. The molecular formula is C16H18F2N2O2. The van der Waals surface area contributed by atoms with Crippen LogP contribution in [0.15, 0.2) is 18.2 Å². The molecule has 0 radical (unpaired) electrons. The number of benzene rings is 1. The Kier molecular flexibility index (Phi) is 6.05. The topological polar surface area (TPSA) is 62.1 Å². The Morgan fingerprint density at radius 1 is 1.36 bits per heavy atom. The van der Waals surface area contributed by atoms with E-state index in [4.69, 9.17) is 10.00 Å². The lowest BCUT2D eigenvalue weighted by atomic mass is 10.1. The highest BCUT2D eigenvalue weighted by Gasteiger charge is 2.15. The van der Waals surface area contributed by atoms with Crippen molar-refractivity contribution in [2.75, 3.05) is 6.54 Å². The van der Waals surface area contributed by atoms with Crippen LogP contribution in [0.25, 0.3) is 6.08 Å². The van der Waals surface area contributed by atoms with Crippen LogP contribution in [0.1, 0.15) is 38.3 Å². The summed E-state index contributed by atoms with van der Waals surface area (Å²) in [5, 5.41) is 11.1. The van der Waals surface area contributed by atoms with Gasteiger partial charge in [-0.15, -0.1) is 0 Å². The van der Waals surface area contributed by atoms with Crippen molar-refractivity contribution in [3.8, 4) is 6.07 Å². The van der Waals surface area contributed by atoms with Crippen LogP contribution in [-0.2, 0) is 4.74 Å². The van der Waals surface area contributed by atoms with Crippen LogP contribution in [0, 0.1) is 23.0 Å². The number of carbonyl (C=O) groups excluding carboxylic acids is 1. The second-order valence-corrected chi connectivity index (χ2v) is 5.59. The van der Waals surface area contributed by atoms with Gasteiger partial charge in [0, 0.05) is 12.1 Å². The monoisotopic (exact) mass is 308 g/mol. The van der Waals surface area contributed by atoms with Crippen molar-refractivity contribution >= 4 is 12.2 Å². The Balaban J connectivity index is 2.49. The van der Waals surface area contributed by atoms with E-state index < -0.39 is 23.3 Å². The van der Waals surface area contributed by atoms with Crippen LogP contribution in [0.3, 0.4) is 0 Å². The van der Waals surface area contributed by atoms with E-state index in [0.717, 1.165) is 12.1 Å². The number of rotatable bonds is 4. The fourth-order valence-electron chi connectivity index (χ4n) is 1.56. The van der Waals surface area contributed by atoms with Crippen LogP contribution in [-0.4, -0.2) is 18.2 Å². The molecule has 0 unspecified atom stereocenters. The normalized spacial score (nSPS) is 11.3. The number of nitrogens with one attached hydrogen (secondary N) is 1. The number of carbonyl (C=O) groups is 1. The lowest BCUT2D eigenvalue weighted by Gasteiger charge is -2.19. The molecule has 22 heavy (non-hydrogen) atoms. The lowest BCUT2D eigenvalue weighted by Crippen LogP contribution is -2.32. The number of amides is 1. The number of nitrogens with zero attached hydrogens (tertiary/aromatic N) is 1. The van der Waals surface area contributed by atoms with Gasteiger partial charge in [0.05, 0.1) is 5.56 Å². The molecule has 0 aliphatic heterocycles. The number of hydrogen-bond acceptors (Lipinski definition) is 3. The zero-order valence-corrected chi connectivity index (χ0v) is 12.7. The molecule has 4 nitrogen and oxygen atoms in total. The van der Waals surface area contributed by atoms with Gasteiger partial charge in [-0.2, -0.15) is 5.26 Å². The van der Waals surface area contributed by atoms with Crippen molar-refractivity contribution < 1.29 is 18.3 Å². The van der Waals surface area contributed by atoms with E-state index in [2.05, 4.69) is 5.32 Å². The molecule has 0 saturated heterocycles. The highest BCUT2D eigenvalue weighted by molar-refractivity contribution is 5.67. The summed E-state index contributed by atoms with van der Waals surface area (Å²) in [5.41, 5.74) is -0.849. The van der Waals surface area contributed by atoms with Crippen molar-refractivity contribution in [2.45, 2.75) is 32.8 Å². The van der Waals surface area contributed by atoms with Crippen LogP contribution in [0.2, 0.25) is 0 Å². The van der Waals surface area contributed by atoms with Gasteiger partial charge in [-0.25, -0.2) is 13.6 Å². The number of alkyl carbamates (subject to hydrolysis) is 1. The fraction of sp³-hybridized carbons (Fsp3) is 0.375. The first-order chi connectivity index (χ1) is 10.2. The Bertz CT molecular complexity index is 614. The molecule has 0 bridgehead atoms. The summed E-state index contributed by atoms with van der Waals surface area (Å²) in [4.78, 5) is 11.4. The van der Waals surface area contributed by atoms with E-state index >= 15 is 0 Å². The van der Waals surface area contributed by atoms with Gasteiger partial charge in [-0.05, 0) is 39.3 Å². The molecular weight excluding hydrogens is 290 g/mol. The first-order valence-electron chi connectivity index (χ1n) is 6.75. The largest absolute Gasteiger partial charge is 0.444 e. The van der Waals surface area contributed by atoms with E-state index in [1.807, 2.05) is 0 Å². The molecule has 0 aromatic heterocycles. The fourth-order valence-corrected chi connectivity index (χ4v) is 1.56. The summed E-state index contributed by atoms with van der Waals surface area (Å²) >= 11 is 0. The third-order valence-electron chi connectivity index (χ3n) is 2.48. The second-order valence-electron chi connectivity index (χ2n) is 5.59. The molecule has 0 aliphatic rings. The zero-order chi connectivity index (χ0) is 16.8. The highest BCUT2D eigenvalue weighted by Crippen LogP contribution is 2.15. The SMILES string of the molecule is CC(C)(C)OC(=O)NCCC=Cc1cc(F)c(C#N)cc1F. The van der Waals surface area contributed by atoms with E-state index in [-0.39, 0.29) is 11.1 Å². The summed E-state index contributed by atoms with van der Waals surface area (Å²) in [6.45, 7) is 5.59. The average Bonchev–Trinajstić information content (AvgIpc) is 2.39. The molecule has 0 spiro atoms. The summed E-state index contributed by atoms with van der Waals surface area (Å²) in [6, 6.07) is 3.39. The molecule has 0 fully saturated rings. The van der Waals surface area contributed by atoms with Gasteiger partial charge in [0.1, 0.15) is 23.3 Å². The highest BCUT2D eigenvalue weighted by atomic mass is 19.1. The standard InChI is InChI=1S/C16H18F2N2O2/c1-16(2,3)22-15(21)20-7-5-4-6-11-8-14(18)12(10-19)9-13(11)17/h4,6,8-9H,5,7H2,1-3H3,(H,20,21). The van der Waals surface area contributed by atoms with Gasteiger partial charge in [0.25, 0.3) is 0 Å². The molecule has 1 N–H and O–H groups in total. The van der Waals surface area contributed by atoms with Gasteiger partial charge in [-0.1, -0.05) is 12.2 Å². The van der Waals surface area contributed by atoms with E-state index in [1.54, 1.807) is 32.9 Å². The molecule has 118 valence electrons. The Labute approximate surface area is 128 Å². The maximum Gasteiger partial charge on any atom is 0.407 e. The van der Waals surface area contributed by atoms with Gasteiger partial charge in [-0.3, -0.25) is 0 Å². The predicted octanol–water partition coefficient (Wildman–Crippen LogP) is 3.76. The summed E-state index contributed by atoms with van der Waals surface area (Å²) in [7, 11) is 0. The molecule has 0 aliphatic carbocycles. The second kappa shape index (κ2) is 7.55. The number of ether oxygens (including phenoxy) is 1. The summed E-state index contributed by atoms with van der Waals surface area (Å²) < 4.78 is 32.0. The van der Waals surface area contributed by atoms with Crippen molar-refractivity contribution in [1.29, 1.82) is 5.26 Å². The smallest absolute Gasteiger partial charge is 0.407 e. The van der Waals surface area contributed by atoms with Crippen LogP contribution < -0.4 is 5.32 Å². The predicted molar refractivity (Wildman–Crippen MR) is 79.0 cm³/mol. The van der Waals surface area contributed by atoms with Crippen LogP contribution in [0.4, 0.5) is 13.6 Å². The van der Waals surface area contributed by atoms with Crippen molar-refractivity contribution in [3.05, 3.63) is 41.0 Å². The lowest BCUT2D eigenvalue weighted by molar-refractivity contribution is 0.0529. The zero-order valence-electron chi connectivity index (χ0n) is 12.7. The van der Waals surface area contributed by atoms with Gasteiger partial charge >= 0.3 is 6.09 Å². The average molecular weight is 308 g/mol. The minimum absolute atomic E-state index is 0.0498. The molecule has 0 saturated carbocycles. The quantitative estimate of drug-likeness (QED) is 0.861. The first-order valence-corrected chi connectivity index (χ1v) is 6.75. The first kappa shape index (κ1) is 17.6. The molecule has 1 aromatic rings. The minimum atomic E-state index is -0.768. The molecule has 1 aromatic carbocycles. The molecule has 0 heterocycles. The maximum absolute atomic E-state index is 13.6. The third-order valence-corrected chi connectivity index (χ3v) is 2.48. The Morgan fingerprint density at radius 3 is 2.64 bits per heavy atom.